The molecule has 1 aromatic carbocycles. The molecule has 3 heteroatoms. The molecule has 90 valence electrons. The molecule has 0 fully saturated rings. The topological polar surface area (TPSA) is 26.0 Å². The lowest BCUT2D eigenvalue weighted by atomic mass is 9.91. The van der Waals surface area contributed by atoms with Crippen LogP contribution in [0.3, 0.4) is 0 Å². The van der Waals surface area contributed by atoms with Crippen LogP contribution in [0.4, 0.5) is 8.78 Å². The van der Waals surface area contributed by atoms with Crippen molar-refractivity contribution in [1.29, 1.82) is 0 Å². The maximum Gasteiger partial charge on any atom is 0.130 e. The van der Waals surface area contributed by atoms with Crippen molar-refractivity contribution >= 4 is 0 Å². The Balaban J connectivity index is 2.83. The van der Waals surface area contributed by atoms with Gasteiger partial charge in [0.05, 0.1) is 0 Å². The van der Waals surface area contributed by atoms with E-state index in [9.17, 15) is 8.78 Å². The molecule has 0 aliphatic carbocycles. The van der Waals surface area contributed by atoms with Crippen LogP contribution in [0, 0.1) is 17.6 Å². The normalized spacial score (nSPS) is 13.1. The molecular weight excluding hydrogens is 208 g/mol. The number of nitrogens with two attached hydrogens (primary N) is 1. The molecule has 1 nitrogen and oxygen atoms in total. The van der Waals surface area contributed by atoms with Crippen LogP contribution in [-0.4, -0.2) is 0 Å². The Bertz CT molecular complexity index is 314. The average molecular weight is 227 g/mol. The number of hydrogen-bond acceptors (Lipinski definition) is 1. The third-order valence-electron chi connectivity index (χ3n) is 3.11. The quantitative estimate of drug-likeness (QED) is 0.813. The minimum absolute atomic E-state index is 0.0226. The lowest BCUT2D eigenvalue weighted by molar-refractivity contribution is 0.398. The van der Waals surface area contributed by atoms with Gasteiger partial charge >= 0.3 is 0 Å². The minimum Gasteiger partial charge on any atom is -0.324 e. The fourth-order valence-corrected chi connectivity index (χ4v) is 1.96. The Morgan fingerprint density at radius 3 is 2.06 bits per heavy atom. The highest BCUT2D eigenvalue weighted by Crippen LogP contribution is 2.26. The van der Waals surface area contributed by atoms with E-state index in [1.165, 1.54) is 18.2 Å². The van der Waals surface area contributed by atoms with Crippen molar-refractivity contribution in [3.63, 3.8) is 0 Å². The second kappa shape index (κ2) is 5.94. The van der Waals surface area contributed by atoms with E-state index in [0.717, 1.165) is 12.8 Å². The van der Waals surface area contributed by atoms with Gasteiger partial charge in [-0.2, -0.15) is 0 Å². The molecule has 0 aliphatic rings. The van der Waals surface area contributed by atoms with E-state index in [1.807, 2.05) is 0 Å². The van der Waals surface area contributed by atoms with Gasteiger partial charge in [0.15, 0.2) is 0 Å². The highest BCUT2D eigenvalue weighted by molar-refractivity contribution is 5.23. The summed E-state index contributed by atoms with van der Waals surface area (Å²) in [6.45, 7) is 4.14. The van der Waals surface area contributed by atoms with Gasteiger partial charge in [-0.25, -0.2) is 8.78 Å². The summed E-state index contributed by atoms with van der Waals surface area (Å²) < 4.78 is 26.9. The van der Waals surface area contributed by atoms with Crippen LogP contribution in [0.15, 0.2) is 18.2 Å². The van der Waals surface area contributed by atoms with Crippen molar-refractivity contribution in [3.05, 3.63) is 35.4 Å². The van der Waals surface area contributed by atoms with Crippen LogP contribution in [0.2, 0.25) is 0 Å². The first kappa shape index (κ1) is 13.1. The van der Waals surface area contributed by atoms with Crippen LogP contribution in [-0.2, 0) is 0 Å². The number of benzene rings is 1. The lowest BCUT2D eigenvalue weighted by Gasteiger charge is -2.19. The van der Waals surface area contributed by atoms with Gasteiger partial charge in [0.25, 0.3) is 0 Å². The average Bonchev–Trinajstić information content (AvgIpc) is 2.25. The Morgan fingerprint density at radius 1 is 1.12 bits per heavy atom. The maximum atomic E-state index is 13.4. The molecule has 0 bridgehead atoms. The predicted octanol–water partition coefficient (Wildman–Crippen LogP) is 3.79. The van der Waals surface area contributed by atoms with E-state index in [2.05, 4.69) is 13.8 Å². The highest BCUT2D eigenvalue weighted by Gasteiger charge is 2.19. The molecular formula is C13H19F2N. The van der Waals surface area contributed by atoms with E-state index in [0.29, 0.717) is 12.3 Å². The van der Waals surface area contributed by atoms with Crippen molar-refractivity contribution in [2.45, 2.75) is 39.2 Å². The molecule has 2 N–H and O–H groups in total. The lowest BCUT2D eigenvalue weighted by Crippen LogP contribution is -2.18. The maximum absolute atomic E-state index is 13.4. The number of hydrogen-bond donors (Lipinski definition) is 1. The van der Waals surface area contributed by atoms with Gasteiger partial charge in [0.1, 0.15) is 11.6 Å². The van der Waals surface area contributed by atoms with E-state index in [4.69, 9.17) is 5.73 Å². The molecule has 1 aromatic rings. The Labute approximate surface area is 95.7 Å². The highest BCUT2D eigenvalue weighted by atomic mass is 19.1. The molecule has 1 unspecified atom stereocenters. The van der Waals surface area contributed by atoms with E-state index in [-0.39, 0.29) is 5.56 Å². The third-order valence-corrected chi connectivity index (χ3v) is 3.11. The fraction of sp³-hybridized carbons (Fsp3) is 0.538. The van der Waals surface area contributed by atoms with Crippen LogP contribution in [0.5, 0.6) is 0 Å². The van der Waals surface area contributed by atoms with Crippen molar-refractivity contribution in [3.8, 4) is 0 Å². The summed E-state index contributed by atoms with van der Waals surface area (Å²) in [5, 5.41) is 0. The van der Waals surface area contributed by atoms with E-state index < -0.39 is 17.7 Å². The molecule has 0 saturated heterocycles. The zero-order chi connectivity index (χ0) is 12.1. The first-order chi connectivity index (χ1) is 7.60. The Morgan fingerprint density at radius 2 is 1.62 bits per heavy atom. The molecule has 0 saturated carbocycles. The van der Waals surface area contributed by atoms with Crippen molar-refractivity contribution in [2.75, 3.05) is 0 Å². The van der Waals surface area contributed by atoms with Crippen molar-refractivity contribution in [2.24, 2.45) is 11.7 Å². The molecule has 1 rings (SSSR count). The van der Waals surface area contributed by atoms with Gasteiger partial charge in [-0.3, -0.25) is 0 Å². The summed E-state index contributed by atoms with van der Waals surface area (Å²) in [5.41, 5.74) is 5.89. The monoisotopic (exact) mass is 227 g/mol. The van der Waals surface area contributed by atoms with Gasteiger partial charge in [-0.05, 0) is 24.5 Å². The summed E-state index contributed by atoms with van der Waals surface area (Å²) in [6, 6.07) is 3.32. The fourth-order valence-electron chi connectivity index (χ4n) is 1.96. The van der Waals surface area contributed by atoms with Gasteiger partial charge < -0.3 is 5.73 Å². The number of rotatable bonds is 5. The van der Waals surface area contributed by atoms with E-state index >= 15 is 0 Å². The molecule has 0 spiro atoms. The molecule has 0 heterocycles. The van der Waals surface area contributed by atoms with Crippen LogP contribution >= 0.6 is 0 Å². The summed E-state index contributed by atoms with van der Waals surface area (Å²) in [7, 11) is 0. The molecule has 1 atom stereocenters. The van der Waals surface area contributed by atoms with Crippen LogP contribution in [0.25, 0.3) is 0 Å². The summed E-state index contributed by atoms with van der Waals surface area (Å²) in [4.78, 5) is 0. The predicted molar refractivity (Wildman–Crippen MR) is 62.0 cm³/mol. The smallest absolute Gasteiger partial charge is 0.130 e. The first-order valence-corrected chi connectivity index (χ1v) is 5.79. The standard InChI is InChI=1S/C13H19F2N/c1-3-9(4-2)8-12(16)13-10(14)6-5-7-11(13)15/h5-7,9,12H,3-4,8,16H2,1-2H3. The van der Waals surface area contributed by atoms with Gasteiger partial charge in [0, 0.05) is 11.6 Å². The Hall–Kier alpha value is -0.960. The molecule has 16 heavy (non-hydrogen) atoms. The SMILES string of the molecule is CCC(CC)CC(N)c1c(F)cccc1F. The van der Waals surface area contributed by atoms with Gasteiger partial charge in [-0.1, -0.05) is 32.8 Å². The zero-order valence-electron chi connectivity index (χ0n) is 9.84. The molecule has 0 amide bonds. The van der Waals surface area contributed by atoms with Gasteiger partial charge in [0.2, 0.25) is 0 Å². The zero-order valence-corrected chi connectivity index (χ0v) is 9.84. The largest absolute Gasteiger partial charge is 0.324 e. The van der Waals surface area contributed by atoms with Gasteiger partial charge in [-0.15, -0.1) is 0 Å². The minimum atomic E-state index is -0.550. The van der Waals surface area contributed by atoms with Crippen LogP contribution < -0.4 is 5.73 Å². The van der Waals surface area contributed by atoms with Crippen LogP contribution in [0.1, 0.15) is 44.7 Å². The Kier molecular flexibility index (Phi) is 4.87. The molecule has 0 aromatic heterocycles. The summed E-state index contributed by atoms with van der Waals surface area (Å²) in [5.74, 6) is -0.661. The second-order valence-electron chi connectivity index (χ2n) is 4.16. The first-order valence-electron chi connectivity index (χ1n) is 5.79. The molecule has 0 radical (unpaired) electrons. The van der Waals surface area contributed by atoms with Crippen molar-refractivity contribution in [1.82, 2.24) is 0 Å². The molecule has 0 aliphatic heterocycles. The number of halogens is 2. The van der Waals surface area contributed by atoms with E-state index in [1.54, 1.807) is 0 Å². The summed E-state index contributed by atoms with van der Waals surface area (Å²) in [6.07, 6.45) is 2.60. The third kappa shape index (κ3) is 3.01. The second-order valence-corrected chi connectivity index (χ2v) is 4.16. The van der Waals surface area contributed by atoms with Crippen molar-refractivity contribution < 1.29 is 8.78 Å². The summed E-state index contributed by atoms with van der Waals surface area (Å²) >= 11 is 0.